The third-order valence-corrected chi connectivity index (χ3v) is 4.44. The number of carbonyl (C=O) groups excluding carboxylic acids is 1. The Balaban J connectivity index is 1.33. The maximum Gasteiger partial charge on any atom is 0.273 e. The average molecular weight is 354 g/mol. The minimum atomic E-state index is -0.780. The van der Waals surface area contributed by atoms with Crippen LogP contribution in [0.2, 0.25) is 0 Å². The molecule has 1 atom stereocenters. The van der Waals surface area contributed by atoms with Crippen LogP contribution in [-0.4, -0.2) is 32.4 Å². The smallest absolute Gasteiger partial charge is 0.273 e. The van der Waals surface area contributed by atoms with Gasteiger partial charge in [0.15, 0.2) is 11.5 Å². The summed E-state index contributed by atoms with van der Waals surface area (Å²) in [7, 11) is 0. The summed E-state index contributed by atoms with van der Waals surface area (Å²) in [4.78, 5) is 12.3. The van der Waals surface area contributed by atoms with Gasteiger partial charge in [0.2, 0.25) is 11.8 Å². The number of amides is 1. The van der Waals surface area contributed by atoms with Crippen molar-refractivity contribution >= 4 is 5.91 Å². The molecule has 0 saturated heterocycles. The highest BCUT2D eigenvalue weighted by molar-refractivity contribution is 5.93. The molecule has 8 heteroatoms. The lowest BCUT2D eigenvalue weighted by Gasteiger charge is -2.33. The Labute approximate surface area is 149 Å². The lowest BCUT2D eigenvalue weighted by Crippen LogP contribution is -2.43. The van der Waals surface area contributed by atoms with Gasteiger partial charge in [-0.05, 0) is 19.8 Å². The van der Waals surface area contributed by atoms with Gasteiger partial charge in [-0.3, -0.25) is 4.79 Å². The highest BCUT2D eigenvalue weighted by Crippen LogP contribution is 2.36. The Morgan fingerprint density at radius 1 is 1.27 bits per heavy atom. The molecule has 0 radical (unpaired) electrons. The molecule has 3 aromatic rings. The number of hydrogen-bond acceptors (Lipinski definition) is 7. The number of nitrogens with zero attached hydrogens (tertiary/aromatic N) is 3. The van der Waals surface area contributed by atoms with Crippen molar-refractivity contribution in [3.63, 3.8) is 0 Å². The van der Waals surface area contributed by atoms with Crippen molar-refractivity contribution in [2.24, 2.45) is 0 Å². The van der Waals surface area contributed by atoms with Gasteiger partial charge in [-0.25, -0.2) is 0 Å². The monoisotopic (exact) mass is 354 g/mol. The number of aliphatic hydroxyl groups is 1. The van der Waals surface area contributed by atoms with E-state index in [1.165, 1.54) is 0 Å². The summed E-state index contributed by atoms with van der Waals surface area (Å²) in [5.41, 5.74) is 1.12. The van der Waals surface area contributed by atoms with Gasteiger partial charge in [0.05, 0.1) is 0 Å². The summed E-state index contributed by atoms with van der Waals surface area (Å²) in [5.74, 6) is 1.09. The minimum Gasteiger partial charge on any atom is -0.422 e. The second-order valence-corrected chi connectivity index (χ2v) is 6.44. The van der Waals surface area contributed by atoms with Gasteiger partial charge in [0.1, 0.15) is 6.10 Å². The molecule has 8 nitrogen and oxygen atoms in total. The fourth-order valence-electron chi connectivity index (χ4n) is 2.90. The molecule has 1 aliphatic carbocycles. The molecule has 1 aliphatic rings. The molecule has 1 amide bonds. The Morgan fingerprint density at radius 2 is 2.04 bits per heavy atom. The topological polar surface area (TPSA) is 114 Å². The first-order valence-electron chi connectivity index (χ1n) is 8.44. The Morgan fingerprint density at radius 3 is 2.73 bits per heavy atom. The van der Waals surface area contributed by atoms with Gasteiger partial charge in [0.25, 0.3) is 5.91 Å². The fourth-order valence-corrected chi connectivity index (χ4v) is 2.90. The second kappa shape index (κ2) is 6.72. The molecule has 26 heavy (non-hydrogen) atoms. The zero-order valence-corrected chi connectivity index (χ0v) is 14.1. The van der Waals surface area contributed by atoms with E-state index in [0.29, 0.717) is 24.5 Å². The van der Waals surface area contributed by atoms with Crippen LogP contribution in [-0.2, 0) is 0 Å². The molecule has 0 aliphatic heterocycles. The third kappa shape index (κ3) is 3.23. The van der Waals surface area contributed by atoms with Gasteiger partial charge in [-0.15, -0.1) is 10.2 Å². The van der Waals surface area contributed by atoms with Crippen LogP contribution in [0.15, 0.2) is 45.3 Å². The van der Waals surface area contributed by atoms with Gasteiger partial charge in [0, 0.05) is 23.6 Å². The van der Waals surface area contributed by atoms with Crippen molar-refractivity contribution in [2.45, 2.75) is 37.8 Å². The normalized spacial score (nSPS) is 20.4. The highest BCUT2D eigenvalue weighted by atomic mass is 16.5. The highest BCUT2D eigenvalue weighted by Gasteiger charge is 2.36. The molecule has 0 bridgehead atoms. The predicted octanol–water partition coefficient (Wildman–Crippen LogP) is 2.45. The summed E-state index contributed by atoms with van der Waals surface area (Å²) >= 11 is 0. The lowest BCUT2D eigenvalue weighted by molar-refractivity contribution is 0.0892. The number of aliphatic hydroxyl groups excluding tert-OH is 1. The van der Waals surface area contributed by atoms with Crippen LogP contribution in [0.25, 0.3) is 11.3 Å². The van der Waals surface area contributed by atoms with E-state index >= 15 is 0 Å². The number of benzene rings is 1. The minimum absolute atomic E-state index is 0.0197. The van der Waals surface area contributed by atoms with E-state index in [1.54, 1.807) is 13.0 Å². The number of aromatic nitrogens is 3. The summed E-state index contributed by atoms with van der Waals surface area (Å²) < 4.78 is 10.7. The molecule has 2 aromatic heterocycles. The molecule has 2 N–H and O–H groups in total. The first-order chi connectivity index (χ1) is 12.6. The molecular weight excluding hydrogens is 336 g/mol. The van der Waals surface area contributed by atoms with Crippen LogP contribution >= 0.6 is 0 Å². The van der Waals surface area contributed by atoms with Gasteiger partial charge < -0.3 is 19.4 Å². The number of rotatable bonds is 5. The van der Waals surface area contributed by atoms with Crippen LogP contribution in [0.5, 0.6) is 0 Å². The molecule has 0 unspecified atom stereocenters. The van der Waals surface area contributed by atoms with E-state index in [1.807, 2.05) is 30.3 Å². The first-order valence-corrected chi connectivity index (χ1v) is 8.44. The van der Waals surface area contributed by atoms with E-state index in [-0.39, 0.29) is 29.5 Å². The fraction of sp³-hybridized carbons (Fsp3) is 0.333. The van der Waals surface area contributed by atoms with Crippen LogP contribution < -0.4 is 5.32 Å². The Hall–Kier alpha value is -3.00. The number of nitrogens with one attached hydrogen (secondary N) is 1. The molecule has 0 spiro atoms. The first kappa shape index (κ1) is 16.5. The van der Waals surface area contributed by atoms with Gasteiger partial charge in [-0.1, -0.05) is 35.5 Å². The summed E-state index contributed by atoms with van der Waals surface area (Å²) in [5, 5.41) is 24.0. The lowest BCUT2D eigenvalue weighted by atomic mass is 9.80. The molecule has 134 valence electrons. The van der Waals surface area contributed by atoms with Crippen LogP contribution in [0, 0.1) is 0 Å². The molecule has 2 heterocycles. The van der Waals surface area contributed by atoms with E-state index in [9.17, 15) is 9.90 Å². The van der Waals surface area contributed by atoms with E-state index in [0.717, 1.165) is 5.56 Å². The molecule has 1 saturated carbocycles. The quantitative estimate of drug-likeness (QED) is 0.723. The molecule has 1 fully saturated rings. The molecular formula is C18H18N4O4. The summed E-state index contributed by atoms with van der Waals surface area (Å²) in [6.45, 7) is 1.57. The van der Waals surface area contributed by atoms with E-state index < -0.39 is 6.10 Å². The standard InChI is InChI=1S/C18H18N4O4/c1-10(23)17-20-21-18(25-17)12-7-13(8-12)19-16(24)14-9-15(26-22-14)11-5-3-2-4-6-11/h2-6,9-10,12-13,23H,7-8H2,1H3,(H,19,24)/t10-,12?,13?/m0/s1. The van der Waals surface area contributed by atoms with Crippen molar-refractivity contribution in [3.8, 4) is 11.3 Å². The van der Waals surface area contributed by atoms with Crippen molar-refractivity contribution in [1.29, 1.82) is 0 Å². The number of hydrogen-bond donors (Lipinski definition) is 2. The molecule has 1 aromatic carbocycles. The zero-order chi connectivity index (χ0) is 18.1. The molecule has 4 rings (SSSR count). The summed E-state index contributed by atoms with van der Waals surface area (Å²) in [6.07, 6.45) is 0.630. The van der Waals surface area contributed by atoms with Gasteiger partial charge >= 0.3 is 0 Å². The predicted molar refractivity (Wildman–Crippen MR) is 90.1 cm³/mol. The Bertz CT molecular complexity index is 897. The van der Waals surface area contributed by atoms with Crippen molar-refractivity contribution in [1.82, 2.24) is 20.7 Å². The van der Waals surface area contributed by atoms with E-state index in [2.05, 4.69) is 20.7 Å². The average Bonchev–Trinajstić information content (AvgIpc) is 3.28. The Kier molecular flexibility index (Phi) is 4.26. The zero-order valence-electron chi connectivity index (χ0n) is 14.1. The largest absolute Gasteiger partial charge is 0.422 e. The van der Waals surface area contributed by atoms with Crippen molar-refractivity contribution in [3.05, 3.63) is 53.9 Å². The second-order valence-electron chi connectivity index (χ2n) is 6.44. The van der Waals surface area contributed by atoms with Gasteiger partial charge in [-0.2, -0.15) is 0 Å². The van der Waals surface area contributed by atoms with Crippen LogP contribution in [0.4, 0.5) is 0 Å². The third-order valence-electron chi connectivity index (χ3n) is 4.44. The maximum atomic E-state index is 12.3. The van der Waals surface area contributed by atoms with Crippen LogP contribution in [0.3, 0.4) is 0 Å². The van der Waals surface area contributed by atoms with Crippen molar-refractivity contribution in [2.75, 3.05) is 0 Å². The summed E-state index contributed by atoms with van der Waals surface area (Å²) in [6, 6.07) is 11.1. The SMILES string of the molecule is C[C@H](O)c1nnc(C2CC(NC(=O)c3cc(-c4ccccc4)on3)C2)o1. The maximum absolute atomic E-state index is 12.3. The van der Waals surface area contributed by atoms with Crippen LogP contribution in [0.1, 0.15) is 54.1 Å². The van der Waals surface area contributed by atoms with Crippen molar-refractivity contribution < 1.29 is 18.8 Å². The number of carbonyl (C=O) groups is 1. The van der Waals surface area contributed by atoms with E-state index in [4.69, 9.17) is 8.94 Å².